The number of aliphatic hydroxyl groups is 1. The molecule has 0 aromatic heterocycles. The van der Waals surface area contributed by atoms with Crippen molar-refractivity contribution in [1.29, 1.82) is 5.26 Å². The Morgan fingerprint density at radius 3 is 2.86 bits per heavy atom. The van der Waals surface area contributed by atoms with E-state index in [1.54, 1.807) is 0 Å². The molecule has 1 rings (SSSR count). The van der Waals surface area contributed by atoms with Gasteiger partial charge in [0.1, 0.15) is 0 Å². The Hall–Kier alpha value is -0.590. The summed E-state index contributed by atoms with van der Waals surface area (Å²) in [5.41, 5.74) is 0. The van der Waals surface area contributed by atoms with E-state index in [-0.39, 0.29) is 6.10 Å². The van der Waals surface area contributed by atoms with Crippen molar-refractivity contribution >= 4 is 0 Å². The van der Waals surface area contributed by atoms with Crippen LogP contribution in [0.5, 0.6) is 0 Å². The number of nitrogens with one attached hydrogen (secondary N) is 1. The molecule has 0 bridgehead atoms. The number of nitriles is 1. The van der Waals surface area contributed by atoms with Gasteiger partial charge in [-0.1, -0.05) is 12.8 Å². The average Bonchev–Trinajstić information content (AvgIpc) is 2.20. The topological polar surface area (TPSA) is 56.0 Å². The van der Waals surface area contributed by atoms with Gasteiger partial charge in [0.05, 0.1) is 12.2 Å². The third-order valence-corrected chi connectivity index (χ3v) is 2.92. The molecule has 2 atom stereocenters. The van der Waals surface area contributed by atoms with Crippen LogP contribution in [0.3, 0.4) is 0 Å². The molecule has 0 aromatic rings. The molecule has 2 N–H and O–H groups in total. The third-order valence-electron chi connectivity index (χ3n) is 2.92. The maximum absolute atomic E-state index is 9.68. The monoisotopic (exact) mass is 196 g/mol. The van der Waals surface area contributed by atoms with E-state index in [1.165, 1.54) is 12.8 Å². The molecule has 0 spiro atoms. The molecule has 1 fully saturated rings. The Labute approximate surface area is 86.1 Å². The fourth-order valence-electron chi connectivity index (χ4n) is 2.01. The second-order valence-electron chi connectivity index (χ2n) is 4.08. The fraction of sp³-hybridized carbons (Fsp3) is 0.909. The predicted molar refractivity (Wildman–Crippen MR) is 55.7 cm³/mol. The van der Waals surface area contributed by atoms with Crippen LogP contribution in [0.1, 0.15) is 38.5 Å². The second kappa shape index (κ2) is 6.80. The van der Waals surface area contributed by atoms with Crippen LogP contribution in [0.15, 0.2) is 0 Å². The Kier molecular flexibility index (Phi) is 5.58. The predicted octanol–water partition coefficient (Wildman–Crippen LogP) is 1.43. The SMILES string of the molecule is N#CCCCNCC1CCCCC1O. The van der Waals surface area contributed by atoms with Gasteiger partial charge in [-0.3, -0.25) is 0 Å². The second-order valence-corrected chi connectivity index (χ2v) is 4.08. The summed E-state index contributed by atoms with van der Waals surface area (Å²) in [6, 6.07) is 2.13. The van der Waals surface area contributed by atoms with Crippen molar-refractivity contribution in [3.05, 3.63) is 0 Å². The highest BCUT2D eigenvalue weighted by molar-refractivity contribution is 4.76. The van der Waals surface area contributed by atoms with Crippen LogP contribution in [0, 0.1) is 17.2 Å². The van der Waals surface area contributed by atoms with Crippen molar-refractivity contribution in [2.45, 2.75) is 44.6 Å². The number of aliphatic hydroxyl groups excluding tert-OH is 1. The Balaban J connectivity index is 2.02. The molecule has 80 valence electrons. The third kappa shape index (κ3) is 4.08. The Morgan fingerprint density at radius 2 is 2.14 bits per heavy atom. The van der Waals surface area contributed by atoms with Crippen molar-refractivity contribution in [1.82, 2.24) is 5.32 Å². The highest BCUT2D eigenvalue weighted by Crippen LogP contribution is 2.23. The van der Waals surface area contributed by atoms with Crippen molar-refractivity contribution in [2.24, 2.45) is 5.92 Å². The highest BCUT2D eigenvalue weighted by atomic mass is 16.3. The van der Waals surface area contributed by atoms with E-state index in [0.29, 0.717) is 12.3 Å². The van der Waals surface area contributed by atoms with E-state index in [9.17, 15) is 5.11 Å². The van der Waals surface area contributed by atoms with Crippen molar-refractivity contribution in [2.75, 3.05) is 13.1 Å². The number of unbranched alkanes of at least 4 members (excludes halogenated alkanes) is 1. The zero-order valence-electron chi connectivity index (χ0n) is 8.71. The van der Waals surface area contributed by atoms with Gasteiger partial charge in [0.2, 0.25) is 0 Å². The van der Waals surface area contributed by atoms with E-state index >= 15 is 0 Å². The quantitative estimate of drug-likeness (QED) is 0.654. The lowest BCUT2D eigenvalue weighted by Gasteiger charge is -2.27. The number of rotatable bonds is 5. The molecule has 14 heavy (non-hydrogen) atoms. The van der Waals surface area contributed by atoms with Crippen LogP contribution in [0.25, 0.3) is 0 Å². The molecule has 1 saturated carbocycles. The zero-order valence-corrected chi connectivity index (χ0v) is 8.71. The van der Waals surface area contributed by atoms with Crippen LogP contribution < -0.4 is 5.32 Å². The van der Waals surface area contributed by atoms with E-state index in [2.05, 4.69) is 11.4 Å². The van der Waals surface area contributed by atoms with E-state index in [4.69, 9.17) is 5.26 Å². The Morgan fingerprint density at radius 1 is 1.36 bits per heavy atom. The number of hydrogen-bond acceptors (Lipinski definition) is 3. The zero-order chi connectivity index (χ0) is 10.2. The standard InChI is InChI=1S/C11H20N2O/c12-7-3-4-8-13-9-10-5-1-2-6-11(10)14/h10-11,13-14H,1-6,8-9H2. The molecular formula is C11H20N2O. The maximum Gasteiger partial charge on any atom is 0.0622 e. The van der Waals surface area contributed by atoms with Crippen LogP contribution in [-0.2, 0) is 0 Å². The molecule has 0 aromatic carbocycles. The molecule has 0 radical (unpaired) electrons. The van der Waals surface area contributed by atoms with Crippen molar-refractivity contribution in [3.8, 4) is 6.07 Å². The molecule has 0 heterocycles. The normalized spacial score (nSPS) is 27.1. The average molecular weight is 196 g/mol. The van der Waals surface area contributed by atoms with Gasteiger partial charge in [-0.15, -0.1) is 0 Å². The first-order valence-electron chi connectivity index (χ1n) is 5.60. The van der Waals surface area contributed by atoms with Gasteiger partial charge in [-0.25, -0.2) is 0 Å². The molecule has 1 aliphatic carbocycles. The van der Waals surface area contributed by atoms with Gasteiger partial charge in [0.15, 0.2) is 0 Å². The summed E-state index contributed by atoms with van der Waals surface area (Å²) in [6.07, 6.45) is 5.97. The van der Waals surface area contributed by atoms with E-state index in [0.717, 1.165) is 32.4 Å². The van der Waals surface area contributed by atoms with Crippen LogP contribution >= 0.6 is 0 Å². The minimum atomic E-state index is -0.104. The molecule has 2 unspecified atom stereocenters. The fourth-order valence-corrected chi connectivity index (χ4v) is 2.01. The first-order valence-corrected chi connectivity index (χ1v) is 5.60. The molecule has 0 saturated heterocycles. The Bertz CT molecular complexity index is 188. The van der Waals surface area contributed by atoms with Gasteiger partial charge in [0, 0.05) is 13.0 Å². The summed E-state index contributed by atoms with van der Waals surface area (Å²) < 4.78 is 0. The van der Waals surface area contributed by atoms with Gasteiger partial charge in [-0.05, 0) is 31.7 Å². The van der Waals surface area contributed by atoms with Crippen molar-refractivity contribution in [3.63, 3.8) is 0 Å². The first kappa shape index (κ1) is 11.5. The summed E-state index contributed by atoms with van der Waals surface area (Å²) in [7, 11) is 0. The van der Waals surface area contributed by atoms with Crippen LogP contribution in [0.4, 0.5) is 0 Å². The van der Waals surface area contributed by atoms with Gasteiger partial charge in [0.25, 0.3) is 0 Å². The van der Waals surface area contributed by atoms with Gasteiger partial charge in [-0.2, -0.15) is 5.26 Å². The molecule has 1 aliphatic rings. The lowest BCUT2D eigenvalue weighted by atomic mass is 9.86. The summed E-state index contributed by atoms with van der Waals surface area (Å²) >= 11 is 0. The van der Waals surface area contributed by atoms with Gasteiger partial charge >= 0.3 is 0 Å². The van der Waals surface area contributed by atoms with Crippen molar-refractivity contribution < 1.29 is 5.11 Å². The summed E-state index contributed by atoms with van der Waals surface area (Å²) in [6.45, 7) is 1.81. The number of nitrogens with zero attached hydrogens (tertiary/aromatic N) is 1. The van der Waals surface area contributed by atoms with Gasteiger partial charge < -0.3 is 10.4 Å². The molecule has 3 heteroatoms. The van der Waals surface area contributed by atoms with E-state index in [1.807, 2.05) is 0 Å². The lowest BCUT2D eigenvalue weighted by molar-refractivity contribution is 0.0697. The van der Waals surface area contributed by atoms with E-state index < -0.39 is 0 Å². The molecule has 0 amide bonds. The minimum absolute atomic E-state index is 0.104. The van der Waals surface area contributed by atoms with Crippen LogP contribution in [0.2, 0.25) is 0 Å². The summed E-state index contributed by atoms with van der Waals surface area (Å²) in [4.78, 5) is 0. The highest BCUT2D eigenvalue weighted by Gasteiger charge is 2.21. The maximum atomic E-state index is 9.68. The molecule has 0 aliphatic heterocycles. The lowest BCUT2D eigenvalue weighted by Crippen LogP contribution is -2.34. The smallest absolute Gasteiger partial charge is 0.0622 e. The summed E-state index contributed by atoms with van der Waals surface area (Å²) in [5, 5.41) is 21.3. The summed E-state index contributed by atoms with van der Waals surface area (Å²) in [5.74, 6) is 0.436. The molecular weight excluding hydrogens is 176 g/mol. The number of hydrogen-bond donors (Lipinski definition) is 2. The van der Waals surface area contributed by atoms with Crippen LogP contribution in [-0.4, -0.2) is 24.3 Å². The first-order chi connectivity index (χ1) is 6.84. The largest absolute Gasteiger partial charge is 0.393 e. The molecule has 3 nitrogen and oxygen atoms in total. The minimum Gasteiger partial charge on any atom is -0.393 e.